The summed E-state index contributed by atoms with van der Waals surface area (Å²) < 4.78 is 2.50. The van der Waals surface area contributed by atoms with E-state index in [-0.39, 0.29) is 0 Å². The van der Waals surface area contributed by atoms with Gasteiger partial charge in [0.05, 0.1) is 21.6 Å². The number of hydrogen-bond acceptors (Lipinski definition) is 3. The lowest BCUT2D eigenvalue weighted by Crippen LogP contribution is -1.85. The van der Waals surface area contributed by atoms with Gasteiger partial charge < -0.3 is 0 Å². The number of pyridine rings is 2. The van der Waals surface area contributed by atoms with Crippen molar-refractivity contribution in [1.29, 1.82) is 0 Å². The van der Waals surface area contributed by atoms with Crippen LogP contribution in [0.4, 0.5) is 0 Å². The number of benzene rings is 1. The highest BCUT2D eigenvalue weighted by Crippen LogP contribution is 2.33. The van der Waals surface area contributed by atoms with Gasteiger partial charge in [0.25, 0.3) is 0 Å². The maximum absolute atomic E-state index is 4.78. The van der Waals surface area contributed by atoms with E-state index in [1.807, 2.05) is 24.3 Å². The molecule has 0 aliphatic heterocycles. The Balaban J connectivity index is 2.03. The van der Waals surface area contributed by atoms with Gasteiger partial charge in [-0.15, -0.1) is 11.3 Å². The van der Waals surface area contributed by atoms with Gasteiger partial charge in [0.2, 0.25) is 0 Å². The summed E-state index contributed by atoms with van der Waals surface area (Å²) in [5.41, 5.74) is 2.92. The van der Waals surface area contributed by atoms with Gasteiger partial charge in [-0.05, 0) is 30.3 Å². The highest BCUT2D eigenvalue weighted by Gasteiger charge is 2.07. The first kappa shape index (κ1) is 10.6. The van der Waals surface area contributed by atoms with Crippen LogP contribution in [0.1, 0.15) is 0 Å². The molecule has 2 nitrogen and oxygen atoms in total. The molecular formula is C16H10N2S. The molecule has 0 bridgehead atoms. The second kappa shape index (κ2) is 4.14. The van der Waals surface area contributed by atoms with E-state index in [0.29, 0.717) is 0 Å². The van der Waals surface area contributed by atoms with E-state index in [2.05, 4.69) is 35.3 Å². The molecule has 0 unspecified atom stereocenters. The Bertz CT molecular complexity index is 866. The normalized spacial score (nSPS) is 11.2. The fourth-order valence-electron chi connectivity index (χ4n) is 2.25. The van der Waals surface area contributed by atoms with Crippen LogP contribution in [0, 0.1) is 0 Å². The van der Waals surface area contributed by atoms with Crippen molar-refractivity contribution in [2.45, 2.75) is 0 Å². The molecule has 0 fully saturated rings. The second-order valence-corrected chi connectivity index (χ2v) is 5.44. The third kappa shape index (κ3) is 1.71. The predicted molar refractivity (Wildman–Crippen MR) is 80.4 cm³/mol. The van der Waals surface area contributed by atoms with Crippen LogP contribution in [0.2, 0.25) is 0 Å². The largest absolute Gasteiger partial charge is 0.255 e. The molecule has 3 heterocycles. The third-order valence-corrected chi connectivity index (χ3v) is 4.27. The summed E-state index contributed by atoms with van der Waals surface area (Å²) in [6, 6.07) is 18.5. The lowest BCUT2D eigenvalue weighted by Gasteiger charge is -1.99. The zero-order chi connectivity index (χ0) is 12.7. The molecule has 0 N–H and O–H groups in total. The van der Waals surface area contributed by atoms with Crippen LogP contribution in [-0.4, -0.2) is 9.97 Å². The highest BCUT2D eigenvalue weighted by atomic mass is 32.1. The Hall–Kier alpha value is -2.26. The van der Waals surface area contributed by atoms with Crippen LogP contribution < -0.4 is 0 Å². The van der Waals surface area contributed by atoms with Gasteiger partial charge in [0.1, 0.15) is 0 Å². The molecule has 0 radical (unpaired) electrons. The lowest BCUT2D eigenvalue weighted by atomic mass is 10.2. The number of hydrogen-bond donors (Lipinski definition) is 0. The Labute approximate surface area is 114 Å². The molecule has 4 rings (SSSR count). The minimum Gasteiger partial charge on any atom is -0.255 e. The van der Waals surface area contributed by atoms with Crippen LogP contribution in [0.15, 0.2) is 60.8 Å². The van der Waals surface area contributed by atoms with Gasteiger partial charge in [-0.25, -0.2) is 4.98 Å². The minimum atomic E-state index is 0.916. The fourth-order valence-corrected chi connectivity index (χ4v) is 3.29. The van der Waals surface area contributed by atoms with Gasteiger partial charge in [-0.1, -0.05) is 24.3 Å². The average molecular weight is 262 g/mol. The Morgan fingerprint density at radius 2 is 1.63 bits per heavy atom. The summed E-state index contributed by atoms with van der Waals surface area (Å²) in [6.07, 6.45) is 1.80. The molecule has 1 aromatic carbocycles. The molecule has 0 aliphatic carbocycles. The van der Waals surface area contributed by atoms with Crippen molar-refractivity contribution in [3.8, 4) is 11.4 Å². The van der Waals surface area contributed by atoms with E-state index in [4.69, 9.17) is 4.98 Å². The van der Waals surface area contributed by atoms with Crippen molar-refractivity contribution in [2.75, 3.05) is 0 Å². The first-order valence-corrected chi connectivity index (χ1v) is 6.93. The van der Waals surface area contributed by atoms with E-state index < -0.39 is 0 Å². The van der Waals surface area contributed by atoms with Crippen molar-refractivity contribution in [2.24, 2.45) is 0 Å². The van der Waals surface area contributed by atoms with Gasteiger partial charge in [0.15, 0.2) is 0 Å². The van der Waals surface area contributed by atoms with Crippen molar-refractivity contribution in [3.05, 3.63) is 60.8 Å². The van der Waals surface area contributed by atoms with Crippen LogP contribution in [-0.2, 0) is 0 Å². The lowest BCUT2D eigenvalue weighted by molar-refractivity contribution is 1.28. The Kier molecular flexibility index (Phi) is 2.32. The summed E-state index contributed by atoms with van der Waals surface area (Å²) in [5, 5.41) is 1.22. The van der Waals surface area contributed by atoms with Crippen LogP contribution in [0.5, 0.6) is 0 Å². The topological polar surface area (TPSA) is 25.8 Å². The van der Waals surface area contributed by atoms with E-state index in [1.54, 1.807) is 17.5 Å². The number of aromatic nitrogens is 2. The van der Waals surface area contributed by atoms with Gasteiger partial charge >= 0.3 is 0 Å². The van der Waals surface area contributed by atoms with Crippen molar-refractivity contribution in [3.63, 3.8) is 0 Å². The SMILES string of the molecule is c1ccc(-c2ccc3sc4ccccc4c3n2)nc1. The van der Waals surface area contributed by atoms with Crippen LogP contribution >= 0.6 is 11.3 Å². The molecule has 0 saturated heterocycles. The molecule has 0 spiro atoms. The highest BCUT2D eigenvalue weighted by molar-refractivity contribution is 7.25. The fraction of sp³-hybridized carbons (Fsp3) is 0. The van der Waals surface area contributed by atoms with Crippen LogP contribution in [0.3, 0.4) is 0 Å². The van der Waals surface area contributed by atoms with E-state index >= 15 is 0 Å². The second-order valence-electron chi connectivity index (χ2n) is 4.36. The number of thiophene rings is 1. The number of nitrogens with zero attached hydrogens (tertiary/aromatic N) is 2. The Morgan fingerprint density at radius 3 is 2.53 bits per heavy atom. The maximum Gasteiger partial charge on any atom is 0.0896 e. The summed E-state index contributed by atoms with van der Waals surface area (Å²) in [4.78, 5) is 9.14. The maximum atomic E-state index is 4.78. The quantitative estimate of drug-likeness (QED) is 0.504. The zero-order valence-corrected chi connectivity index (χ0v) is 10.9. The molecule has 4 aromatic rings. The van der Waals surface area contributed by atoms with Crippen molar-refractivity contribution in [1.82, 2.24) is 9.97 Å². The molecule has 3 heteroatoms. The zero-order valence-electron chi connectivity index (χ0n) is 10.1. The number of rotatable bonds is 1. The summed E-state index contributed by atoms with van der Waals surface area (Å²) in [7, 11) is 0. The molecule has 0 saturated carbocycles. The first-order chi connectivity index (χ1) is 9.42. The summed E-state index contributed by atoms with van der Waals surface area (Å²) >= 11 is 1.78. The first-order valence-electron chi connectivity index (χ1n) is 6.11. The standard InChI is InChI=1S/C16H10N2S/c1-2-7-14-11(5-1)16-15(19-14)9-8-13(18-16)12-6-3-4-10-17-12/h1-10H. The molecule has 90 valence electrons. The molecule has 0 amide bonds. The van der Waals surface area contributed by atoms with E-state index in [0.717, 1.165) is 16.9 Å². The smallest absolute Gasteiger partial charge is 0.0896 e. The summed E-state index contributed by atoms with van der Waals surface area (Å²) in [5.74, 6) is 0. The van der Waals surface area contributed by atoms with Gasteiger partial charge in [-0.3, -0.25) is 4.98 Å². The van der Waals surface area contributed by atoms with E-state index in [1.165, 1.54) is 14.8 Å². The van der Waals surface area contributed by atoms with Crippen LogP contribution in [0.25, 0.3) is 31.7 Å². The molecule has 0 atom stereocenters. The minimum absolute atomic E-state index is 0.916. The van der Waals surface area contributed by atoms with E-state index in [9.17, 15) is 0 Å². The van der Waals surface area contributed by atoms with Gasteiger partial charge in [-0.2, -0.15) is 0 Å². The molecule has 19 heavy (non-hydrogen) atoms. The monoisotopic (exact) mass is 262 g/mol. The third-order valence-electron chi connectivity index (χ3n) is 3.15. The van der Waals surface area contributed by atoms with Crippen molar-refractivity contribution < 1.29 is 0 Å². The predicted octanol–water partition coefficient (Wildman–Crippen LogP) is 4.51. The number of fused-ring (bicyclic) bond motifs is 3. The summed E-state index contributed by atoms with van der Waals surface area (Å²) in [6.45, 7) is 0. The molecular weight excluding hydrogens is 252 g/mol. The average Bonchev–Trinajstić information content (AvgIpc) is 2.86. The van der Waals surface area contributed by atoms with Crippen molar-refractivity contribution >= 4 is 31.6 Å². The van der Waals surface area contributed by atoms with Gasteiger partial charge in [0, 0.05) is 16.3 Å². The molecule has 0 aliphatic rings. The molecule has 3 aromatic heterocycles. The Morgan fingerprint density at radius 1 is 0.737 bits per heavy atom.